The molecule has 0 fully saturated rings. The molecule has 98 valence electrons. The van der Waals surface area contributed by atoms with Crippen LogP contribution in [-0.4, -0.2) is 28.1 Å². The van der Waals surface area contributed by atoms with Gasteiger partial charge in [0.2, 0.25) is 11.8 Å². The molecule has 0 aromatic carbocycles. The number of hydrogen-bond donors (Lipinski definition) is 2. The van der Waals surface area contributed by atoms with Crippen molar-refractivity contribution in [3.8, 4) is 5.88 Å². The molecule has 1 amide bonds. The Kier molecular flexibility index (Phi) is 5.10. The molecular formula is C12H16N2O4. The summed E-state index contributed by atoms with van der Waals surface area (Å²) in [7, 11) is 0. The molecule has 0 radical (unpaired) electrons. The second kappa shape index (κ2) is 6.58. The molecule has 0 unspecified atom stereocenters. The van der Waals surface area contributed by atoms with Crippen molar-refractivity contribution in [1.29, 1.82) is 0 Å². The number of aromatic nitrogens is 1. The van der Waals surface area contributed by atoms with Crippen LogP contribution < -0.4 is 10.1 Å². The summed E-state index contributed by atoms with van der Waals surface area (Å²) in [6.45, 7) is 3.95. The van der Waals surface area contributed by atoms with Gasteiger partial charge < -0.3 is 15.2 Å². The normalized spacial score (nSPS) is 10.2. The number of carboxylic acids is 1. The van der Waals surface area contributed by atoms with E-state index in [4.69, 9.17) is 9.84 Å². The lowest BCUT2D eigenvalue weighted by Crippen LogP contribution is -2.25. The summed E-state index contributed by atoms with van der Waals surface area (Å²) >= 11 is 0. The molecule has 0 aliphatic heterocycles. The summed E-state index contributed by atoms with van der Waals surface area (Å²) in [6, 6.07) is 3.50. The fourth-order valence-electron chi connectivity index (χ4n) is 1.28. The number of amides is 1. The van der Waals surface area contributed by atoms with E-state index in [1.807, 2.05) is 13.8 Å². The smallest absolute Gasteiger partial charge is 0.312 e. The maximum absolute atomic E-state index is 11.2. The molecule has 1 aromatic rings. The number of rotatable bonds is 6. The second-order valence-corrected chi connectivity index (χ2v) is 3.98. The van der Waals surface area contributed by atoms with E-state index in [0.29, 0.717) is 11.4 Å². The van der Waals surface area contributed by atoms with Crippen molar-refractivity contribution in [3.63, 3.8) is 0 Å². The van der Waals surface area contributed by atoms with Gasteiger partial charge in [-0.1, -0.05) is 6.07 Å². The Morgan fingerprint density at radius 1 is 1.50 bits per heavy atom. The lowest BCUT2D eigenvalue weighted by molar-refractivity contribution is -0.140. The SMILES string of the molecule is CC(C)Oc1ncccc1CNC(=O)CC(=O)O. The minimum Gasteiger partial charge on any atom is -0.481 e. The number of ether oxygens (including phenoxy) is 1. The van der Waals surface area contributed by atoms with E-state index in [-0.39, 0.29) is 12.6 Å². The van der Waals surface area contributed by atoms with Gasteiger partial charge in [0.15, 0.2) is 0 Å². The van der Waals surface area contributed by atoms with Gasteiger partial charge in [0.25, 0.3) is 0 Å². The summed E-state index contributed by atoms with van der Waals surface area (Å²) in [6.07, 6.45) is 1.04. The molecule has 0 spiro atoms. The first-order valence-corrected chi connectivity index (χ1v) is 5.58. The van der Waals surface area contributed by atoms with Crippen molar-refractivity contribution >= 4 is 11.9 Å². The lowest BCUT2D eigenvalue weighted by atomic mass is 10.2. The minimum atomic E-state index is -1.16. The van der Waals surface area contributed by atoms with Crippen LogP contribution in [0.15, 0.2) is 18.3 Å². The number of hydrogen-bond acceptors (Lipinski definition) is 4. The minimum absolute atomic E-state index is 0.0200. The van der Waals surface area contributed by atoms with Crippen LogP contribution in [0.5, 0.6) is 5.88 Å². The molecule has 0 aliphatic carbocycles. The highest BCUT2D eigenvalue weighted by Gasteiger charge is 2.10. The van der Waals surface area contributed by atoms with Crippen LogP contribution in [0, 0.1) is 0 Å². The molecule has 18 heavy (non-hydrogen) atoms. The number of nitrogens with one attached hydrogen (secondary N) is 1. The van der Waals surface area contributed by atoms with E-state index in [9.17, 15) is 9.59 Å². The Morgan fingerprint density at radius 2 is 2.22 bits per heavy atom. The zero-order chi connectivity index (χ0) is 13.5. The molecule has 0 atom stereocenters. The van der Waals surface area contributed by atoms with Crippen molar-refractivity contribution < 1.29 is 19.4 Å². The van der Waals surface area contributed by atoms with Crippen LogP contribution in [0.4, 0.5) is 0 Å². The molecule has 1 rings (SSSR count). The van der Waals surface area contributed by atoms with Crippen molar-refractivity contribution in [3.05, 3.63) is 23.9 Å². The van der Waals surface area contributed by atoms with Crippen LogP contribution in [-0.2, 0) is 16.1 Å². The molecule has 6 nitrogen and oxygen atoms in total. The Balaban J connectivity index is 2.61. The van der Waals surface area contributed by atoms with Gasteiger partial charge >= 0.3 is 5.97 Å². The number of nitrogens with zero attached hydrogens (tertiary/aromatic N) is 1. The van der Waals surface area contributed by atoms with E-state index in [2.05, 4.69) is 10.3 Å². The van der Waals surface area contributed by atoms with Crippen LogP contribution in [0.25, 0.3) is 0 Å². The average Bonchev–Trinajstić information content (AvgIpc) is 2.26. The van der Waals surface area contributed by atoms with Gasteiger partial charge in [-0.05, 0) is 19.9 Å². The maximum Gasteiger partial charge on any atom is 0.312 e. The molecule has 6 heteroatoms. The van der Waals surface area contributed by atoms with Crippen molar-refractivity contribution in [2.75, 3.05) is 0 Å². The molecule has 2 N–H and O–H groups in total. The van der Waals surface area contributed by atoms with Gasteiger partial charge in [-0.25, -0.2) is 4.98 Å². The summed E-state index contributed by atoms with van der Waals surface area (Å²) in [5.74, 6) is -1.25. The molecule has 0 saturated heterocycles. The molecule has 1 heterocycles. The Bertz CT molecular complexity index is 432. The Hall–Kier alpha value is -2.11. The Labute approximate surface area is 105 Å². The summed E-state index contributed by atoms with van der Waals surface area (Å²) in [5, 5.41) is 11.0. The third-order valence-corrected chi connectivity index (χ3v) is 1.99. The monoisotopic (exact) mass is 252 g/mol. The first-order chi connectivity index (χ1) is 8.49. The topological polar surface area (TPSA) is 88.5 Å². The van der Waals surface area contributed by atoms with Crippen LogP contribution in [0.3, 0.4) is 0 Å². The van der Waals surface area contributed by atoms with E-state index in [1.54, 1.807) is 18.3 Å². The quantitative estimate of drug-likeness (QED) is 0.736. The van der Waals surface area contributed by atoms with Crippen LogP contribution >= 0.6 is 0 Å². The summed E-state index contributed by atoms with van der Waals surface area (Å²) in [5.41, 5.74) is 0.713. The van der Waals surface area contributed by atoms with Crippen molar-refractivity contribution in [1.82, 2.24) is 10.3 Å². The van der Waals surface area contributed by atoms with E-state index >= 15 is 0 Å². The summed E-state index contributed by atoms with van der Waals surface area (Å²) in [4.78, 5) is 25.6. The standard InChI is InChI=1S/C12H16N2O4/c1-8(2)18-12-9(4-3-5-13-12)7-14-10(15)6-11(16)17/h3-5,8H,6-7H2,1-2H3,(H,14,15)(H,16,17). The highest BCUT2D eigenvalue weighted by Crippen LogP contribution is 2.15. The largest absolute Gasteiger partial charge is 0.481 e. The third kappa shape index (κ3) is 4.82. The molecule has 1 aromatic heterocycles. The number of carbonyl (C=O) groups is 2. The fourth-order valence-corrected chi connectivity index (χ4v) is 1.28. The van der Waals surface area contributed by atoms with E-state index < -0.39 is 18.3 Å². The first kappa shape index (κ1) is 14.0. The van der Waals surface area contributed by atoms with E-state index in [0.717, 1.165) is 0 Å². The van der Waals surface area contributed by atoms with Crippen LogP contribution in [0.2, 0.25) is 0 Å². The van der Waals surface area contributed by atoms with Gasteiger partial charge in [0.1, 0.15) is 6.42 Å². The van der Waals surface area contributed by atoms with Crippen molar-refractivity contribution in [2.45, 2.75) is 32.9 Å². The molecule has 0 aliphatic rings. The first-order valence-electron chi connectivity index (χ1n) is 5.58. The van der Waals surface area contributed by atoms with Gasteiger partial charge in [0, 0.05) is 18.3 Å². The molecular weight excluding hydrogens is 236 g/mol. The average molecular weight is 252 g/mol. The van der Waals surface area contributed by atoms with Gasteiger partial charge in [-0.3, -0.25) is 9.59 Å². The number of pyridine rings is 1. The summed E-state index contributed by atoms with van der Waals surface area (Å²) < 4.78 is 5.48. The number of carbonyl (C=O) groups excluding carboxylic acids is 1. The number of aliphatic carboxylic acids is 1. The lowest BCUT2D eigenvalue weighted by Gasteiger charge is -2.12. The van der Waals surface area contributed by atoms with Gasteiger partial charge in [-0.2, -0.15) is 0 Å². The highest BCUT2D eigenvalue weighted by atomic mass is 16.5. The molecule has 0 saturated carbocycles. The van der Waals surface area contributed by atoms with Crippen molar-refractivity contribution in [2.24, 2.45) is 0 Å². The predicted molar refractivity (Wildman–Crippen MR) is 64.1 cm³/mol. The fraction of sp³-hybridized carbons (Fsp3) is 0.417. The number of carboxylic acid groups (broad SMARTS) is 1. The van der Waals surface area contributed by atoms with Gasteiger partial charge in [-0.15, -0.1) is 0 Å². The maximum atomic E-state index is 11.2. The highest BCUT2D eigenvalue weighted by molar-refractivity contribution is 5.93. The molecule has 0 bridgehead atoms. The van der Waals surface area contributed by atoms with Gasteiger partial charge in [0.05, 0.1) is 6.10 Å². The third-order valence-electron chi connectivity index (χ3n) is 1.99. The zero-order valence-electron chi connectivity index (χ0n) is 10.3. The van der Waals surface area contributed by atoms with Crippen LogP contribution in [0.1, 0.15) is 25.8 Å². The zero-order valence-corrected chi connectivity index (χ0v) is 10.3. The van der Waals surface area contributed by atoms with E-state index in [1.165, 1.54) is 0 Å². The second-order valence-electron chi connectivity index (χ2n) is 3.98. The Morgan fingerprint density at radius 3 is 2.83 bits per heavy atom. The predicted octanol–water partition coefficient (Wildman–Crippen LogP) is 0.960.